The van der Waals surface area contributed by atoms with Gasteiger partial charge in [-0.25, -0.2) is 4.39 Å². The largest absolute Gasteiger partial charge is 0.372 e. The van der Waals surface area contributed by atoms with Gasteiger partial charge in [0.05, 0.1) is 17.4 Å². The zero-order valence-electron chi connectivity index (χ0n) is 16.7. The zero-order chi connectivity index (χ0) is 20.2. The van der Waals surface area contributed by atoms with Crippen LogP contribution < -0.4 is 10.2 Å². The Morgan fingerprint density at radius 1 is 1.10 bits per heavy atom. The van der Waals surface area contributed by atoms with Gasteiger partial charge in [-0.2, -0.15) is 0 Å². The van der Waals surface area contributed by atoms with Gasteiger partial charge in [-0.3, -0.25) is 9.78 Å². The molecular formula is C24H26FN3O. The monoisotopic (exact) mass is 391 g/mol. The van der Waals surface area contributed by atoms with Crippen molar-refractivity contribution in [3.63, 3.8) is 0 Å². The highest BCUT2D eigenvalue weighted by Gasteiger charge is 2.18. The van der Waals surface area contributed by atoms with Crippen LogP contribution in [0.2, 0.25) is 0 Å². The van der Waals surface area contributed by atoms with E-state index in [9.17, 15) is 9.18 Å². The van der Waals surface area contributed by atoms with Crippen molar-refractivity contribution in [3.05, 3.63) is 65.9 Å². The maximum absolute atomic E-state index is 12.8. The highest BCUT2D eigenvalue weighted by atomic mass is 19.1. The lowest BCUT2D eigenvalue weighted by Crippen LogP contribution is -2.33. The molecule has 1 aromatic heterocycles. The van der Waals surface area contributed by atoms with Crippen molar-refractivity contribution in [3.8, 4) is 0 Å². The SMILES string of the molecule is CN(c1ccc(C(=O)Nc2cnc3cc(CF)ccc3c2)cc1)C1CCCCC1. The van der Waals surface area contributed by atoms with E-state index in [0.717, 1.165) is 11.1 Å². The van der Waals surface area contributed by atoms with Gasteiger partial charge in [0.15, 0.2) is 0 Å². The average molecular weight is 391 g/mol. The van der Waals surface area contributed by atoms with Gasteiger partial charge in [0.2, 0.25) is 0 Å². The molecule has 1 amide bonds. The maximum atomic E-state index is 12.8. The zero-order valence-corrected chi connectivity index (χ0v) is 16.7. The summed E-state index contributed by atoms with van der Waals surface area (Å²) in [5.74, 6) is -0.168. The van der Waals surface area contributed by atoms with E-state index in [2.05, 4.69) is 22.2 Å². The number of nitrogens with one attached hydrogen (secondary N) is 1. The van der Waals surface area contributed by atoms with Gasteiger partial charge in [0.25, 0.3) is 5.91 Å². The molecule has 0 aliphatic heterocycles. The van der Waals surface area contributed by atoms with Crippen molar-refractivity contribution in [2.75, 3.05) is 17.3 Å². The van der Waals surface area contributed by atoms with Crippen molar-refractivity contribution < 1.29 is 9.18 Å². The van der Waals surface area contributed by atoms with E-state index < -0.39 is 6.67 Å². The minimum Gasteiger partial charge on any atom is -0.372 e. The number of alkyl halides is 1. The quantitative estimate of drug-likeness (QED) is 0.604. The Kier molecular flexibility index (Phi) is 5.74. The van der Waals surface area contributed by atoms with E-state index in [4.69, 9.17) is 0 Å². The minimum atomic E-state index is -0.512. The van der Waals surface area contributed by atoms with E-state index in [0.29, 0.717) is 28.4 Å². The van der Waals surface area contributed by atoms with Crippen molar-refractivity contribution in [1.29, 1.82) is 0 Å². The number of halogens is 1. The van der Waals surface area contributed by atoms with Gasteiger partial charge < -0.3 is 10.2 Å². The molecule has 29 heavy (non-hydrogen) atoms. The molecule has 4 rings (SSSR count). The number of carbonyl (C=O) groups is 1. The lowest BCUT2D eigenvalue weighted by atomic mass is 9.94. The maximum Gasteiger partial charge on any atom is 0.255 e. The van der Waals surface area contributed by atoms with Gasteiger partial charge in [0, 0.05) is 29.7 Å². The van der Waals surface area contributed by atoms with Gasteiger partial charge in [-0.15, -0.1) is 0 Å². The molecule has 5 heteroatoms. The molecule has 0 bridgehead atoms. The molecule has 0 unspecified atom stereocenters. The first-order valence-corrected chi connectivity index (χ1v) is 10.2. The number of carbonyl (C=O) groups excluding carboxylic acids is 1. The van der Waals surface area contributed by atoms with E-state index >= 15 is 0 Å². The Bertz CT molecular complexity index is 997. The molecule has 3 aromatic rings. The molecule has 1 N–H and O–H groups in total. The van der Waals surface area contributed by atoms with Crippen LogP contribution in [0.25, 0.3) is 10.9 Å². The summed E-state index contributed by atoms with van der Waals surface area (Å²) in [6.45, 7) is -0.512. The fourth-order valence-corrected chi connectivity index (χ4v) is 4.05. The van der Waals surface area contributed by atoms with Crippen molar-refractivity contribution in [2.45, 2.75) is 44.8 Å². The van der Waals surface area contributed by atoms with Crippen LogP contribution >= 0.6 is 0 Å². The number of anilines is 2. The first-order chi connectivity index (χ1) is 14.1. The minimum absolute atomic E-state index is 0.168. The predicted octanol–water partition coefficient (Wildman–Crippen LogP) is 5.73. The number of amides is 1. The molecule has 1 saturated carbocycles. The molecule has 150 valence electrons. The highest BCUT2D eigenvalue weighted by molar-refractivity contribution is 6.05. The molecular weight excluding hydrogens is 365 g/mol. The van der Waals surface area contributed by atoms with Crippen molar-refractivity contribution in [2.24, 2.45) is 0 Å². The Labute approximate surface area is 170 Å². The molecule has 4 nitrogen and oxygen atoms in total. The lowest BCUT2D eigenvalue weighted by molar-refractivity contribution is 0.102. The molecule has 0 radical (unpaired) electrons. The third-order valence-electron chi connectivity index (χ3n) is 5.82. The van der Waals surface area contributed by atoms with Crippen molar-refractivity contribution in [1.82, 2.24) is 4.98 Å². The molecule has 0 atom stereocenters. The summed E-state index contributed by atoms with van der Waals surface area (Å²) in [6, 6.07) is 15.5. The molecule has 1 heterocycles. The number of pyridine rings is 1. The Balaban J connectivity index is 1.44. The lowest BCUT2D eigenvalue weighted by Gasteiger charge is -2.33. The molecule has 0 saturated heterocycles. The number of aromatic nitrogens is 1. The Morgan fingerprint density at radius 2 is 1.86 bits per heavy atom. The summed E-state index contributed by atoms with van der Waals surface area (Å²) in [5.41, 5.74) is 3.69. The normalized spacial score (nSPS) is 14.7. The summed E-state index contributed by atoms with van der Waals surface area (Å²) < 4.78 is 12.8. The average Bonchev–Trinajstić information content (AvgIpc) is 2.79. The van der Waals surface area contributed by atoms with E-state index in [-0.39, 0.29) is 5.91 Å². The highest BCUT2D eigenvalue weighted by Crippen LogP contribution is 2.26. The Morgan fingerprint density at radius 3 is 2.59 bits per heavy atom. The number of fused-ring (bicyclic) bond motifs is 1. The predicted molar refractivity (Wildman–Crippen MR) is 116 cm³/mol. The standard InChI is InChI=1S/C24H26FN3O/c1-28(21-5-3-2-4-6-21)22-11-9-18(10-12-22)24(29)27-20-14-19-8-7-17(15-25)13-23(19)26-16-20/h7-14,16,21H,2-6,15H2,1H3,(H,27,29). The summed E-state index contributed by atoms with van der Waals surface area (Å²) in [4.78, 5) is 19.3. The molecule has 1 aliphatic rings. The van der Waals surface area contributed by atoms with Crippen LogP contribution in [0.5, 0.6) is 0 Å². The van der Waals surface area contributed by atoms with Crippen LogP contribution in [-0.2, 0) is 6.67 Å². The summed E-state index contributed by atoms with van der Waals surface area (Å²) in [7, 11) is 2.14. The first kappa shape index (κ1) is 19.4. The van der Waals surface area contributed by atoms with Crippen LogP contribution in [0.15, 0.2) is 54.7 Å². The molecule has 1 aliphatic carbocycles. The number of rotatable bonds is 5. The molecule has 0 spiro atoms. The summed E-state index contributed by atoms with van der Waals surface area (Å²) in [5, 5.41) is 3.77. The third-order valence-corrected chi connectivity index (χ3v) is 5.82. The summed E-state index contributed by atoms with van der Waals surface area (Å²) >= 11 is 0. The molecule has 1 fully saturated rings. The van der Waals surface area contributed by atoms with E-state index in [1.165, 1.54) is 32.1 Å². The number of hydrogen-bond donors (Lipinski definition) is 1. The fraction of sp³-hybridized carbons (Fsp3) is 0.333. The summed E-state index contributed by atoms with van der Waals surface area (Å²) in [6.07, 6.45) is 8.01. The second kappa shape index (κ2) is 8.60. The first-order valence-electron chi connectivity index (χ1n) is 10.2. The molecule has 2 aromatic carbocycles. The topological polar surface area (TPSA) is 45.2 Å². The van der Waals surface area contributed by atoms with E-state index in [1.807, 2.05) is 36.4 Å². The third kappa shape index (κ3) is 4.39. The second-order valence-electron chi connectivity index (χ2n) is 7.79. The van der Waals surface area contributed by atoms with Crippen LogP contribution in [0.3, 0.4) is 0 Å². The van der Waals surface area contributed by atoms with E-state index in [1.54, 1.807) is 18.3 Å². The van der Waals surface area contributed by atoms with Crippen LogP contribution in [0.1, 0.15) is 48.0 Å². The number of nitrogens with zero attached hydrogens (tertiary/aromatic N) is 2. The van der Waals surface area contributed by atoms with Gasteiger partial charge in [-0.1, -0.05) is 31.4 Å². The van der Waals surface area contributed by atoms with Crippen LogP contribution in [-0.4, -0.2) is 24.0 Å². The second-order valence-corrected chi connectivity index (χ2v) is 7.79. The van der Waals surface area contributed by atoms with Gasteiger partial charge in [0.1, 0.15) is 6.67 Å². The number of benzene rings is 2. The fourth-order valence-electron chi connectivity index (χ4n) is 4.05. The van der Waals surface area contributed by atoms with Crippen LogP contribution in [0.4, 0.5) is 15.8 Å². The van der Waals surface area contributed by atoms with Gasteiger partial charge >= 0.3 is 0 Å². The smallest absolute Gasteiger partial charge is 0.255 e. The Hall–Kier alpha value is -2.95. The van der Waals surface area contributed by atoms with Crippen molar-refractivity contribution >= 4 is 28.2 Å². The number of hydrogen-bond acceptors (Lipinski definition) is 3. The van der Waals surface area contributed by atoms with Gasteiger partial charge in [-0.05, 0) is 54.8 Å². The van der Waals surface area contributed by atoms with Crippen LogP contribution in [0, 0.1) is 0 Å².